The van der Waals surface area contributed by atoms with Gasteiger partial charge in [0.15, 0.2) is 0 Å². The number of hydrogen-bond acceptors (Lipinski definition) is 1. The predicted molar refractivity (Wildman–Crippen MR) is 83.8 cm³/mol. The molecule has 1 nitrogen and oxygen atoms in total. The summed E-state index contributed by atoms with van der Waals surface area (Å²) < 4.78 is 0. The van der Waals surface area contributed by atoms with E-state index in [0.29, 0.717) is 6.61 Å². The molecule has 21 heavy (non-hydrogen) atoms. The van der Waals surface area contributed by atoms with Gasteiger partial charge in [-0.05, 0) is 19.3 Å². The van der Waals surface area contributed by atoms with Gasteiger partial charge in [-0.3, -0.25) is 0 Å². The summed E-state index contributed by atoms with van der Waals surface area (Å²) in [6.07, 6.45) is 20.0. The molecule has 2 aliphatic carbocycles. The Morgan fingerprint density at radius 3 is 1.86 bits per heavy atom. The summed E-state index contributed by atoms with van der Waals surface area (Å²) in [5.74, 6) is 1.46. The summed E-state index contributed by atoms with van der Waals surface area (Å²) in [6.45, 7) is 4.75. The molecule has 0 saturated heterocycles. The van der Waals surface area contributed by atoms with Crippen molar-refractivity contribution in [2.75, 3.05) is 6.61 Å². The molecule has 2 aliphatic rings. The Kier molecular flexibility index (Phi) is 16.5. The normalized spacial score (nSPS) is 14.4. The molecule has 0 radical (unpaired) electrons. The van der Waals surface area contributed by atoms with Gasteiger partial charge in [0.2, 0.25) is 0 Å². The fourth-order valence-electron chi connectivity index (χ4n) is 2.20. The maximum absolute atomic E-state index is 8.29. The van der Waals surface area contributed by atoms with Crippen molar-refractivity contribution in [3.05, 3.63) is 53.5 Å². The van der Waals surface area contributed by atoms with Crippen molar-refractivity contribution in [1.29, 1.82) is 0 Å². The van der Waals surface area contributed by atoms with Crippen molar-refractivity contribution < 1.29 is 43.7 Å². The Morgan fingerprint density at radius 1 is 1.00 bits per heavy atom. The van der Waals surface area contributed by atoms with Gasteiger partial charge in [0.05, 0.1) is 0 Å². The molecule has 0 aromatic rings. The molecular formula is C18H27ClOZr-2. The molecule has 118 valence electrons. The third-order valence-electron chi connectivity index (χ3n) is 3.52. The monoisotopic (exact) mass is 384 g/mol. The second-order valence-electron chi connectivity index (χ2n) is 5.06. The molecule has 0 fully saturated rings. The van der Waals surface area contributed by atoms with Crippen LogP contribution in [0.5, 0.6) is 0 Å². The Hall–Kier alpha value is -0.0369. The van der Waals surface area contributed by atoms with Crippen LogP contribution in [0.15, 0.2) is 47.6 Å². The van der Waals surface area contributed by atoms with E-state index in [-0.39, 0.29) is 38.6 Å². The third-order valence-corrected chi connectivity index (χ3v) is 3.52. The fourth-order valence-corrected chi connectivity index (χ4v) is 2.20. The number of aliphatic hydroxyl groups is 1. The van der Waals surface area contributed by atoms with Gasteiger partial charge in [0.25, 0.3) is 0 Å². The topological polar surface area (TPSA) is 20.2 Å². The minimum atomic E-state index is 0. The average molecular weight is 386 g/mol. The van der Waals surface area contributed by atoms with Crippen molar-refractivity contribution in [2.24, 2.45) is 0 Å². The molecule has 0 aromatic carbocycles. The van der Waals surface area contributed by atoms with Crippen molar-refractivity contribution in [1.82, 2.24) is 0 Å². The molecule has 0 saturated carbocycles. The summed E-state index contributed by atoms with van der Waals surface area (Å²) in [6, 6.07) is 0. The van der Waals surface area contributed by atoms with Gasteiger partial charge in [-0.15, -0.1) is 23.3 Å². The SMILES string of the molecule is CCCCCCO.C[C-](C1=CC=CC1)C1=CC=CC1.[Cl-].[Zr]. The van der Waals surface area contributed by atoms with Crippen LogP contribution in [0, 0.1) is 5.92 Å². The quantitative estimate of drug-likeness (QED) is 0.547. The summed E-state index contributed by atoms with van der Waals surface area (Å²) in [4.78, 5) is 0. The molecule has 0 atom stereocenters. The Morgan fingerprint density at radius 2 is 1.52 bits per heavy atom. The van der Waals surface area contributed by atoms with Crippen LogP contribution < -0.4 is 12.4 Å². The second-order valence-corrected chi connectivity index (χ2v) is 5.06. The van der Waals surface area contributed by atoms with Crippen LogP contribution in [0.25, 0.3) is 0 Å². The minimum Gasteiger partial charge on any atom is -1.00 e. The molecule has 0 aromatic heterocycles. The molecule has 0 heterocycles. The molecule has 1 N–H and O–H groups in total. The first-order chi connectivity index (χ1) is 9.29. The van der Waals surface area contributed by atoms with E-state index in [1.54, 1.807) is 0 Å². The van der Waals surface area contributed by atoms with Crippen LogP contribution in [-0.4, -0.2) is 11.7 Å². The minimum absolute atomic E-state index is 0. The molecule has 0 aliphatic heterocycles. The van der Waals surface area contributed by atoms with Gasteiger partial charge in [-0.1, -0.05) is 45.3 Å². The first-order valence-corrected chi connectivity index (χ1v) is 7.46. The summed E-state index contributed by atoms with van der Waals surface area (Å²) in [5, 5.41) is 8.29. The van der Waals surface area contributed by atoms with Crippen LogP contribution in [0.2, 0.25) is 0 Å². The van der Waals surface area contributed by atoms with Crippen molar-refractivity contribution in [3.63, 3.8) is 0 Å². The zero-order chi connectivity index (χ0) is 13.9. The predicted octanol–water partition coefficient (Wildman–Crippen LogP) is 1.91. The number of allylic oxidation sites excluding steroid dienone is 8. The largest absolute Gasteiger partial charge is 1.00 e. The van der Waals surface area contributed by atoms with E-state index in [4.69, 9.17) is 5.11 Å². The number of aliphatic hydroxyl groups excluding tert-OH is 1. The molecule has 0 bridgehead atoms. The van der Waals surface area contributed by atoms with Gasteiger partial charge in [-0.2, -0.15) is 18.1 Å². The molecule has 2 rings (SSSR count). The first kappa shape index (κ1) is 23.2. The van der Waals surface area contributed by atoms with E-state index in [2.05, 4.69) is 50.3 Å². The molecule has 3 heteroatoms. The zero-order valence-electron chi connectivity index (χ0n) is 13.2. The van der Waals surface area contributed by atoms with Crippen LogP contribution in [0.3, 0.4) is 0 Å². The molecule has 0 spiro atoms. The van der Waals surface area contributed by atoms with Crippen molar-refractivity contribution in [2.45, 2.75) is 52.4 Å². The van der Waals surface area contributed by atoms with Crippen LogP contribution in [0.1, 0.15) is 52.4 Å². The Bertz CT molecular complexity index is 335. The van der Waals surface area contributed by atoms with Crippen LogP contribution in [0.4, 0.5) is 0 Å². The Labute approximate surface area is 155 Å². The van der Waals surface area contributed by atoms with E-state index < -0.39 is 0 Å². The smallest absolute Gasteiger partial charge is 0.0431 e. The number of unbranched alkanes of at least 4 members (excludes halogenated alkanes) is 3. The van der Waals surface area contributed by atoms with Gasteiger partial charge in [0, 0.05) is 32.8 Å². The molecule has 0 amide bonds. The second kappa shape index (κ2) is 14.9. The number of halogens is 1. The van der Waals surface area contributed by atoms with E-state index in [0.717, 1.165) is 19.3 Å². The first-order valence-electron chi connectivity index (χ1n) is 7.46. The van der Waals surface area contributed by atoms with E-state index in [9.17, 15) is 0 Å². The summed E-state index contributed by atoms with van der Waals surface area (Å²) >= 11 is 0. The van der Waals surface area contributed by atoms with E-state index >= 15 is 0 Å². The fraction of sp³-hybridized carbons (Fsp3) is 0.500. The van der Waals surface area contributed by atoms with Gasteiger partial charge < -0.3 is 17.5 Å². The van der Waals surface area contributed by atoms with Crippen molar-refractivity contribution >= 4 is 0 Å². The molecule has 0 unspecified atom stereocenters. The zero-order valence-corrected chi connectivity index (χ0v) is 16.5. The van der Waals surface area contributed by atoms with E-state index in [1.165, 1.54) is 36.3 Å². The van der Waals surface area contributed by atoms with Gasteiger partial charge in [-0.25, -0.2) is 0 Å². The molecular weight excluding hydrogens is 359 g/mol. The maximum Gasteiger partial charge on any atom is 0.0431 e. The van der Waals surface area contributed by atoms with Crippen molar-refractivity contribution in [3.8, 4) is 0 Å². The average Bonchev–Trinajstić information content (AvgIpc) is 3.13. The van der Waals surface area contributed by atoms with Gasteiger partial charge in [0.1, 0.15) is 0 Å². The van der Waals surface area contributed by atoms with E-state index in [1.807, 2.05) is 0 Å². The maximum atomic E-state index is 8.29. The number of rotatable bonds is 6. The number of hydrogen-bond donors (Lipinski definition) is 1. The summed E-state index contributed by atoms with van der Waals surface area (Å²) in [5.41, 5.74) is 2.95. The Balaban J connectivity index is 0. The van der Waals surface area contributed by atoms with Crippen LogP contribution >= 0.6 is 0 Å². The third kappa shape index (κ3) is 9.56. The van der Waals surface area contributed by atoms with Gasteiger partial charge >= 0.3 is 0 Å². The standard InChI is InChI=1S/C12H13.C6H14O.ClH.Zr/c1-10(11-6-2-3-7-11)12-8-4-5-9-12;1-2-3-4-5-6-7;;/h2-6,8H,7,9H2,1H3;7H,2-6H2,1H3;1H;/q-1;;;/p-1. The van der Waals surface area contributed by atoms with Crippen LogP contribution in [-0.2, 0) is 26.2 Å². The summed E-state index contributed by atoms with van der Waals surface area (Å²) in [7, 11) is 0.